The number of furan rings is 1. The Morgan fingerprint density at radius 3 is 1.49 bits per heavy atom. The molecular weight excluding hydrogens is 454 g/mol. The zero-order chi connectivity index (χ0) is 24.6. The minimum Gasteiger partial charge on any atom is -0.455 e. The number of benzene rings is 5. The fraction of sp³-hybridized carbons (Fsp3) is 0. The average Bonchev–Trinajstić information content (AvgIpc) is 3.37. The van der Waals surface area contributed by atoms with E-state index in [0.717, 1.165) is 49.8 Å². The summed E-state index contributed by atoms with van der Waals surface area (Å²) in [4.78, 5) is 14.5. The van der Waals surface area contributed by atoms with Crippen LogP contribution in [0.4, 0.5) is 0 Å². The van der Waals surface area contributed by atoms with Crippen LogP contribution in [0.3, 0.4) is 0 Å². The summed E-state index contributed by atoms with van der Waals surface area (Å²) < 4.78 is 6.25. The van der Waals surface area contributed by atoms with Crippen molar-refractivity contribution in [1.82, 2.24) is 15.0 Å². The van der Waals surface area contributed by atoms with E-state index in [9.17, 15) is 0 Å². The highest BCUT2D eigenvalue weighted by Gasteiger charge is 2.14. The molecule has 174 valence electrons. The first kappa shape index (κ1) is 21.2. The van der Waals surface area contributed by atoms with Gasteiger partial charge in [-0.15, -0.1) is 0 Å². The van der Waals surface area contributed by atoms with Gasteiger partial charge in [0.25, 0.3) is 0 Å². The van der Waals surface area contributed by atoms with Gasteiger partial charge in [-0.1, -0.05) is 121 Å². The molecule has 0 saturated carbocycles. The Kier molecular flexibility index (Phi) is 5.07. The zero-order valence-corrected chi connectivity index (χ0v) is 19.9. The number of hydrogen-bond donors (Lipinski definition) is 0. The Hall–Kier alpha value is -5.09. The molecular formula is C33H21N3O. The van der Waals surface area contributed by atoms with Crippen molar-refractivity contribution in [3.05, 3.63) is 127 Å². The van der Waals surface area contributed by atoms with Crippen LogP contribution in [0.2, 0.25) is 0 Å². The van der Waals surface area contributed by atoms with Crippen molar-refractivity contribution < 1.29 is 4.42 Å². The lowest BCUT2D eigenvalue weighted by Crippen LogP contribution is -2.00. The van der Waals surface area contributed by atoms with Crippen molar-refractivity contribution in [2.45, 2.75) is 0 Å². The summed E-state index contributed by atoms with van der Waals surface area (Å²) in [5.74, 6) is 1.95. The maximum atomic E-state index is 6.25. The summed E-state index contributed by atoms with van der Waals surface area (Å²) >= 11 is 0. The van der Waals surface area contributed by atoms with Crippen molar-refractivity contribution in [1.29, 1.82) is 0 Å². The zero-order valence-electron chi connectivity index (χ0n) is 19.9. The third-order valence-electron chi connectivity index (χ3n) is 6.56. The van der Waals surface area contributed by atoms with Gasteiger partial charge in [0.15, 0.2) is 17.5 Å². The first-order chi connectivity index (χ1) is 18.3. The van der Waals surface area contributed by atoms with E-state index in [1.165, 1.54) is 0 Å². The van der Waals surface area contributed by atoms with Crippen LogP contribution in [0.5, 0.6) is 0 Å². The largest absolute Gasteiger partial charge is 0.455 e. The molecule has 0 atom stereocenters. The standard InChI is InChI=1S/C33H21N3O/c1-3-10-23(11-4-1)31-34-32(24-12-5-2-6-13-24)36-33(35-31)25-20-18-22(19-21-25)26-15-9-16-28-27-14-7-8-17-29(27)37-30(26)28/h1-21H. The molecule has 0 aliphatic heterocycles. The van der Waals surface area contributed by atoms with E-state index in [4.69, 9.17) is 19.4 Å². The van der Waals surface area contributed by atoms with Gasteiger partial charge in [-0.25, -0.2) is 15.0 Å². The van der Waals surface area contributed by atoms with E-state index in [1.807, 2.05) is 78.9 Å². The van der Waals surface area contributed by atoms with Crippen molar-refractivity contribution in [3.8, 4) is 45.3 Å². The lowest BCUT2D eigenvalue weighted by atomic mass is 10.0. The SMILES string of the molecule is c1ccc(-c2nc(-c3ccccc3)nc(-c3ccc(-c4cccc5c4oc4ccccc45)cc3)n2)cc1. The predicted octanol–water partition coefficient (Wildman–Crippen LogP) is 8.44. The topological polar surface area (TPSA) is 51.8 Å². The molecule has 0 fully saturated rings. The molecule has 0 saturated heterocycles. The van der Waals surface area contributed by atoms with E-state index in [1.54, 1.807) is 0 Å². The quantitative estimate of drug-likeness (QED) is 0.256. The van der Waals surface area contributed by atoms with Gasteiger partial charge >= 0.3 is 0 Å². The Labute approximate surface area is 213 Å². The summed E-state index contributed by atoms with van der Waals surface area (Å²) in [6.07, 6.45) is 0. The number of fused-ring (bicyclic) bond motifs is 3. The van der Waals surface area contributed by atoms with Crippen LogP contribution in [0.25, 0.3) is 67.2 Å². The van der Waals surface area contributed by atoms with Crippen molar-refractivity contribution in [2.24, 2.45) is 0 Å². The molecule has 37 heavy (non-hydrogen) atoms. The van der Waals surface area contributed by atoms with Gasteiger partial charge < -0.3 is 4.42 Å². The van der Waals surface area contributed by atoms with Crippen molar-refractivity contribution in [2.75, 3.05) is 0 Å². The monoisotopic (exact) mass is 475 g/mol. The fourth-order valence-electron chi connectivity index (χ4n) is 4.71. The highest BCUT2D eigenvalue weighted by atomic mass is 16.3. The molecule has 7 aromatic rings. The molecule has 2 heterocycles. The molecule has 0 spiro atoms. The number of para-hydroxylation sites is 2. The van der Waals surface area contributed by atoms with Gasteiger partial charge in [0, 0.05) is 33.0 Å². The van der Waals surface area contributed by atoms with Gasteiger partial charge in [-0.05, 0) is 11.6 Å². The van der Waals surface area contributed by atoms with E-state index < -0.39 is 0 Å². The van der Waals surface area contributed by atoms with E-state index in [2.05, 4.69) is 48.5 Å². The minimum absolute atomic E-state index is 0.640. The molecule has 0 bridgehead atoms. The van der Waals surface area contributed by atoms with Crippen LogP contribution in [0.1, 0.15) is 0 Å². The highest BCUT2D eigenvalue weighted by molar-refractivity contribution is 6.09. The summed E-state index contributed by atoms with van der Waals surface area (Å²) in [6, 6.07) is 42.8. The average molecular weight is 476 g/mol. The molecule has 0 unspecified atom stereocenters. The first-order valence-electron chi connectivity index (χ1n) is 12.2. The smallest absolute Gasteiger partial charge is 0.164 e. The maximum Gasteiger partial charge on any atom is 0.164 e. The van der Waals surface area contributed by atoms with Crippen LogP contribution in [-0.4, -0.2) is 15.0 Å². The van der Waals surface area contributed by atoms with Gasteiger partial charge in [0.1, 0.15) is 11.2 Å². The van der Waals surface area contributed by atoms with Crippen LogP contribution in [-0.2, 0) is 0 Å². The fourth-order valence-corrected chi connectivity index (χ4v) is 4.71. The molecule has 7 rings (SSSR count). The van der Waals surface area contributed by atoms with Crippen LogP contribution >= 0.6 is 0 Å². The summed E-state index contributed by atoms with van der Waals surface area (Å²) in [6.45, 7) is 0. The highest BCUT2D eigenvalue weighted by Crippen LogP contribution is 2.36. The third kappa shape index (κ3) is 3.85. The lowest BCUT2D eigenvalue weighted by Gasteiger charge is -2.09. The number of rotatable bonds is 4. The Morgan fingerprint density at radius 2 is 0.865 bits per heavy atom. The molecule has 4 nitrogen and oxygen atoms in total. The summed E-state index contributed by atoms with van der Waals surface area (Å²) in [7, 11) is 0. The molecule has 5 aromatic carbocycles. The molecule has 2 aromatic heterocycles. The van der Waals surface area contributed by atoms with Crippen LogP contribution in [0.15, 0.2) is 132 Å². The van der Waals surface area contributed by atoms with Crippen molar-refractivity contribution >= 4 is 21.9 Å². The number of nitrogens with zero attached hydrogens (tertiary/aromatic N) is 3. The van der Waals surface area contributed by atoms with E-state index in [0.29, 0.717) is 17.5 Å². The minimum atomic E-state index is 0.640. The number of hydrogen-bond acceptors (Lipinski definition) is 4. The molecule has 0 amide bonds. The van der Waals surface area contributed by atoms with Gasteiger partial charge in [-0.3, -0.25) is 0 Å². The van der Waals surface area contributed by atoms with Gasteiger partial charge in [-0.2, -0.15) is 0 Å². The predicted molar refractivity (Wildman–Crippen MR) is 149 cm³/mol. The van der Waals surface area contributed by atoms with Crippen LogP contribution in [0, 0.1) is 0 Å². The maximum absolute atomic E-state index is 6.25. The Morgan fingerprint density at radius 1 is 0.378 bits per heavy atom. The molecule has 0 N–H and O–H groups in total. The van der Waals surface area contributed by atoms with Crippen LogP contribution < -0.4 is 0 Å². The van der Waals surface area contributed by atoms with E-state index >= 15 is 0 Å². The molecule has 0 aliphatic rings. The Balaban J connectivity index is 1.33. The Bertz CT molecular complexity index is 1800. The molecule has 0 aliphatic carbocycles. The third-order valence-corrected chi connectivity index (χ3v) is 6.56. The van der Waals surface area contributed by atoms with E-state index in [-0.39, 0.29) is 0 Å². The second-order valence-electron chi connectivity index (χ2n) is 8.90. The summed E-state index contributed by atoms with van der Waals surface area (Å²) in [5, 5.41) is 2.25. The first-order valence-corrected chi connectivity index (χ1v) is 12.2. The second kappa shape index (κ2) is 8.85. The number of aromatic nitrogens is 3. The van der Waals surface area contributed by atoms with Gasteiger partial charge in [0.05, 0.1) is 0 Å². The molecule has 0 radical (unpaired) electrons. The summed E-state index contributed by atoms with van der Waals surface area (Å²) in [5.41, 5.74) is 6.77. The molecule has 4 heteroatoms. The normalized spacial score (nSPS) is 11.2. The second-order valence-corrected chi connectivity index (χ2v) is 8.90. The van der Waals surface area contributed by atoms with Crippen molar-refractivity contribution in [3.63, 3.8) is 0 Å². The lowest BCUT2D eigenvalue weighted by molar-refractivity contribution is 0.670. The van der Waals surface area contributed by atoms with Gasteiger partial charge in [0.2, 0.25) is 0 Å².